The molecule has 8 heteroatoms. The summed E-state index contributed by atoms with van der Waals surface area (Å²) in [6.45, 7) is 0.155. The molecule has 0 aliphatic heterocycles. The third-order valence-corrected chi connectivity index (χ3v) is 4.05. The lowest BCUT2D eigenvalue weighted by Crippen LogP contribution is -2.31. The van der Waals surface area contributed by atoms with Crippen LogP contribution in [0.4, 0.5) is 0 Å². The zero-order valence-corrected chi connectivity index (χ0v) is 14.0. The average molecular weight is 367 g/mol. The molecule has 24 heavy (non-hydrogen) atoms. The Balaban J connectivity index is 2.27. The van der Waals surface area contributed by atoms with Crippen LogP contribution in [-0.4, -0.2) is 27.4 Å². The highest BCUT2D eigenvalue weighted by Crippen LogP contribution is 2.26. The normalized spacial score (nSPS) is 11.0. The number of methoxy groups -OCH3 is 1. The summed E-state index contributed by atoms with van der Waals surface area (Å²) in [5, 5.41) is 11.1. The lowest BCUT2D eigenvalue weighted by atomic mass is 10.2. The number of carbonyl (C=O) groups is 1. The second kappa shape index (κ2) is 6.22. The van der Waals surface area contributed by atoms with Crippen LogP contribution in [0.15, 0.2) is 41.3 Å². The Morgan fingerprint density at radius 2 is 1.88 bits per heavy atom. The second-order valence-electron chi connectivity index (χ2n) is 5.09. The third kappa shape index (κ3) is 2.74. The van der Waals surface area contributed by atoms with Crippen molar-refractivity contribution in [1.82, 2.24) is 9.20 Å². The van der Waals surface area contributed by atoms with E-state index in [1.807, 2.05) is 0 Å². The maximum Gasteiger partial charge on any atom is 0.347 e. The highest BCUT2D eigenvalue weighted by atomic mass is 35.5. The molecule has 0 spiro atoms. The standard InChI is InChI=1S/C16H12Cl2N2O4/c1-24-16(23)13-14(21)12-6-11(18)8-19(12)20(15(13)22)7-9-2-4-10(17)5-3-9/h2-6,8,21H,7H2,1H3. The molecule has 0 amide bonds. The van der Waals surface area contributed by atoms with Crippen molar-refractivity contribution in [2.75, 3.05) is 7.11 Å². The van der Waals surface area contributed by atoms with Gasteiger partial charge in [-0.1, -0.05) is 35.3 Å². The van der Waals surface area contributed by atoms with Crippen LogP contribution >= 0.6 is 23.2 Å². The summed E-state index contributed by atoms with van der Waals surface area (Å²) in [6, 6.07) is 8.38. The van der Waals surface area contributed by atoms with E-state index in [2.05, 4.69) is 4.74 Å². The van der Waals surface area contributed by atoms with Gasteiger partial charge in [0.2, 0.25) is 0 Å². The van der Waals surface area contributed by atoms with Gasteiger partial charge in [-0.25, -0.2) is 9.48 Å². The van der Waals surface area contributed by atoms with Crippen molar-refractivity contribution >= 4 is 34.7 Å². The predicted molar refractivity (Wildman–Crippen MR) is 90.2 cm³/mol. The average Bonchev–Trinajstić information content (AvgIpc) is 2.95. The first kappa shape index (κ1) is 16.4. The number of rotatable bonds is 3. The largest absolute Gasteiger partial charge is 0.505 e. The molecule has 0 saturated carbocycles. The molecule has 2 heterocycles. The van der Waals surface area contributed by atoms with Gasteiger partial charge in [-0.2, -0.15) is 0 Å². The minimum atomic E-state index is -0.915. The van der Waals surface area contributed by atoms with Crippen molar-refractivity contribution in [3.8, 4) is 5.75 Å². The molecule has 2 aromatic heterocycles. The van der Waals surface area contributed by atoms with Gasteiger partial charge in [0.15, 0.2) is 11.3 Å². The quantitative estimate of drug-likeness (QED) is 0.723. The smallest absolute Gasteiger partial charge is 0.347 e. The molecule has 0 aliphatic carbocycles. The lowest BCUT2D eigenvalue weighted by molar-refractivity contribution is 0.0594. The fourth-order valence-corrected chi connectivity index (χ4v) is 2.77. The van der Waals surface area contributed by atoms with Gasteiger partial charge < -0.3 is 9.84 Å². The molecule has 1 N–H and O–H groups in total. The van der Waals surface area contributed by atoms with Gasteiger partial charge in [-0.05, 0) is 23.8 Å². The predicted octanol–water partition coefficient (Wildman–Crippen LogP) is 2.95. The van der Waals surface area contributed by atoms with Crippen molar-refractivity contribution in [2.24, 2.45) is 0 Å². The van der Waals surface area contributed by atoms with Crippen LogP contribution in [0.5, 0.6) is 5.75 Å². The van der Waals surface area contributed by atoms with Gasteiger partial charge in [0, 0.05) is 11.2 Å². The SMILES string of the molecule is COC(=O)c1c(O)c2cc(Cl)cn2n(Cc2ccc(Cl)cc2)c1=O. The molecule has 3 rings (SSSR count). The van der Waals surface area contributed by atoms with E-state index in [9.17, 15) is 14.7 Å². The summed E-state index contributed by atoms with van der Waals surface area (Å²) in [7, 11) is 1.14. The van der Waals surface area contributed by atoms with E-state index in [0.717, 1.165) is 12.7 Å². The van der Waals surface area contributed by atoms with E-state index in [0.29, 0.717) is 10.0 Å². The van der Waals surface area contributed by atoms with Gasteiger partial charge in [-0.3, -0.25) is 9.31 Å². The van der Waals surface area contributed by atoms with Crippen molar-refractivity contribution < 1.29 is 14.6 Å². The first-order valence-electron chi connectivity index (χ1n) is 6.88. The zero-order chi connectivity index (χ0) is 17.4. The number of fused-ring (bicyclic) bond motifs is 1. The topological polar surface area (TPSA) is 72.9 Å². The summed E-state index contributed by atoms with van der Waals surface area (Å²) in [4.78, 5) is 24.6. The fraction of sp³-hybridized carbons (Fsp3) is 0.125. The van der Waals surface area contributed by atoms with Crippen molar-refractivity contribution in [3.63, 3.8) is 0 Å². The monoisotopic (exact) mass is 366 g/mol. The number of carbonyl (C=O) groups excluding carboxylic acids is 1. The Hall–Kier alpha value is -2.44. The Bertz CT molecular complexity index is 990. The molecular weight excluding hydrogens is 355 g/mol. The minimum Gasteiger partial charge on any atom is -0.505 e. The van der Waals surface area contributed by atoms with Gasteiger partial charge in [0.25, 0.3) is 5.56 Å². The first-order chi connectivity index (χ1) is 11.4. The molecule has 6 nitrogen and oxygen atoms in total. The van der Waals surface area contributed by atoms with Gasteiger partial charge in [-0.15, -0.1) is 0 Å². The molecule has 0 atom stereocenters. The van der Waals surface area contributed by atoms with Crippen LogP contribution in [0.1, 0.15) is 15.9 Å². The van der Waals surface area contributed by atoms with Crippen LogP contribution in [0, 0.1) is 0 Å². The number of halogens is 2. The fourth-order valence-electron chi connectivity index (χ4n) is 2.45. The van der Waals surface area contributed by atoms with E-state index >= 15 is 0 Å². The zero-order valence-electron chi connectivity index (χ0n) is 12.5. The first-order valence-corrected chi connectivity index (χ1v) is 7.64. The van der Waals surface area contributed by atoms with Crippen LogP contribution in [0.3, 0.4) is 0 Å². The van der Waals surface area contributed by atoms with Crippen LogP contribution in [0.25, 0.3) is 5.52 Å². The maximum atomic E-state index is 12.7. The number of nitrogens with zero attached hydrogens (tertiary/aromatic N) is 2. The Labute approximate surface area is 146 Å². The molecule has 0 aliphatic rings. The summed E-state index contributed by atoms with van der Waals surface area (Å²) < 4.78 is 7.29. The van der Waals surface area contributed by atoms with Crippen LogP contribution in [0.2, 0.25) is 10.0 Å². The molecule has 0 bridgehead atoms. The summed E-state index contributed by atoms with van der Waals surface area (Å²) in [5.74, 6) is -1.38. The number of aromatic hydroxyl groups is 1. The highest BCUT2D eigenvalue weighted by molar-refractivity contribution is 6.31. The molecule has 0 fully saturated rings. The van der Waals surface area contributed by atoms with Crippen molar-refractivity contribution in [3.05, 3.63) is 68.1 Å². The van der Waals surface area contributed by atoms with Gasteiger partial charge in [0.1, 0.15) is 5.52 Å². The summed E-state index contributed by atoms with van der Waals surface area (Å²) in [5.41, 5.74) is -0.106. The molecule has 0 saturated heterocycles. The van der Waals surface area contributed by atoms with E-state index in [-0.39, 0.29) is 12.1 Å². The van der Waals surface area contributed by atoms with E-state index in [4.69, 9.17) is 23.2 Å². The van der Waals surface area contributed by atoms with Gasteiger partial charge in [0.05, 0.1) is 18.7 Å². The molecule has 0 radical (unpaired) electrons. The number of hydrogen-bond donors (Lipinski definition) is 1. The minimum absolute atomic E-state index is 0.155. The summed E-state index contributed by atoms with van der Waals surface area (Å²) >= 11 is 11.9. The van der Waals surface area contributed by atoms with E-state index in [1.165, 1.54) is 21.5 Å². The lowest BCUT2D eigenvalue weighted by Gasteiger charge is -2.13. The Morgan fingerprint density at radius 1 is 1.21 bits per heavy atom. The number of aromatic nitrogens is 2. The third-order valence-electron chi connectivity index (χ3n) is 3.59. The number of esters is 1. The Morgan fingerprint density at radius 3 is 2.50 bits per heavy atom. The second-order valence-corrected chi connectivity index (χ2v) is 5.97. The number of benzene rings is 1. The van der Waals surface area contributed by atoms with Crippen LogP contribution < -0.4 is 5.56 Å². The van der Waals surface area contributed by atoms with Gasteiger partial charge >= 0.3 is 5.97 Å². The van der Waals surface area contributed by atoms with E-state index in [1.54, 1.807) is 24.3 Å². The van der Waals surface area contributed by atoms with Crippen molar-refractivity contribution in [1.29, 1.82) is 0 Å². The molecule has 3 aromatic rings. The molecule has 124 valence electrons. The molecule has 0 unspecified atom stereocenters. The number of ether oxygens (including phenoxy) is 1. The van der Waals surface area contributed by atoms with Crippen molar-refractivity contribution in [2.45, 2.75) is 6.54 Å². The maximum absolute atomic E-state index is 12.7. The van der Waals surface area contributed by atoms with E-state index < -0.39 is 22.8 Å². The van der Waals surface area contributed by atoms with Crippen LogP contribution in [-0.2, 0) is 11.3 Å². The number of hydrogen-bond acceptors (Lipinski definition) is 4. The Kier molecular flexibility index (Phi) is 4.26. The summed E-state index contributed by atoms with van der Waals surface area (Å²) in [6.07, 6.45) is 1.48. The highest BCUT2D eigenvalue weighted by Gasteiger charge is 2.23. The molecule has 1 aromatic carbocycles. The molecular formula is C16H12Cl2N2O4.